The van der Waals surface area contributed by atoms with E-state index in [0.717, 1.165) is 25.0 Å². The molecule has 24 heavy (non-hydrogen) atoms. The maximum Gasteiger partial charge on any atom is 0.227 e. The van der Waals surface area contributed by atoms with Crippen molar-refractivity contribution in [1.82, 2.24) is 4.98 Å². The third-order valence-electron chi connectivity index (χ3n) is 4.29. The summed E-state index contributed by atoms with van der Waals surface area (Å²) in [5.74, 6) is 0.429. The normalized spacial score (nSPS) is 16.5. The number of para-hydroxylation sites is 2. The molecule has 2 aromatic rings. The Morgan fingerprint density at radius 3 is 2.83 bits per heavy atom. The Balaban J connectivity index is 1.60. The van der Waals surface area contributed by atoms with Crippen molar-refractivity contribution in [3.8, 4) is 5.75 Å². The number of carbonyl (C=O) groups is 1. The van der Waals surface area contributed by atoms with E-state index in [-0.39, 0.29) is 12.3 Å². The van der Waals surface area contributed by atoms with Crippen LogP contribution in [0.3, 0.4) is 0 Å². The fourth-order valence-corrected chi connectivity index (χ4v) is 3.58. The molecule has 6 heteroatoms. The van der Waals surface area contributed by atoms with Gasteiger partial charge in [-0.2, -0.15) is 0 Å². The molecule has 0 atom stereocenters. The summed E-state index contributed by atoms with van der Waals surface area (Å²) in [6, 6.07) is 7.33. The van der Waals surface area contributed by atoms with Crippen molar-refractivity contribution in [2.45, 2.75) is 50.7 Å². The summed E-state index contributed by atoms with van der Waals surface area (Å²) in [7, 11) is 0. The van der Waals surface area contributed by atoms with Crippen LogP contribution in [-0.2, 0) is 11.4 Å². The van der Waals surface area contributed by atoms with Gasteiger partial charge in [0.2, 0.25) is 5.91 Å². The number of aromatic nitrogens is 1. The number of nitrogens with one attached hydrogen (secondary N) is 1. The molecule has 0 aliphatic heterocycles. The average molecular weight is 346 g/mol. The molecule has 0 unspecified atom stereocenters. The van der Waals surface area contributed by atoms with E-state index < -0.39 is 5.60 Å². The Bertz CT molecular complexity index is 667. The molecule has 0 spiro atoms. The average Bonchev–Trinajstić information content (AvgIpc) is 3.07. The lowest BCUT2D eigenvalue weighted by Crippen LogP contribution is -2.35. The zero-order valence-corrected chi connectivity index (χ0v) is 14.3. The molecule has 5 nitrogen and oxygen atoms in total. The molecular weight excluding hydrogens is 324 g/mol. The lowest BCUT2D eigenvalue weighted by Gasteiger charge is -2.31. The first-order valence-corrected chi connectivity index (χ1v) is 9.20. The molecular formula is C18H22N2O3S. The van der Waals surface area contributed by atoms with Crippen molar-refractivity contribution in [2.75, 3.05) is 5.32 Å². The molecule has 1 amide bonds. The standard InChI is InChI=1S/C18H22N2O3S/c21-17(10-18(22)8-4-1-5-9-18)20-15-6-2-3-7-16(15)23-11-14-12-24-13-19-14/h2-3,6-7,12-13,22H,1,4-5,8-11H2,(H,20,21). The van der Waals surface area contributed by atoms with Crippen LogP contribution in [0.5, 0.6) is 5.75 Å². The molecule has 3 rings (SSSR count). The number of hydrogen-bond acceptors (Lipinski definition) is 5. The Labute approximate surface area is 145 Å². The van der Waals surface area contributed by atoms with Gasteiger partial charge in [-0.1, -0.05) is 31.4 Å². The van der Waals surface area contributed by atoms with Crippen LogP contribution in [-0.4, -0.2) is 21.6 Å². The van der Waals surface area contributed by atoms with Crippen molar-refractivity contribution in [3.05, 3.63) is 40.8 Å². The molecule has 2 N–H and O–H groups in total. The number of ether oxygens (including phenoxy) is 1. The van der Waals surface area contributed by atoms with Gasteiger partial charge in [0.05, 0.1) is 28.9 Å². The number of rotatable bonds is 6. The highest BCUT2D eigenvalue weighted by Gasteiger charge is 2.31. The predicted octanol–water partition coefficient (Wildman–Crippen LogP) is 3.75. The molecule has 0 radical (unpaired) electrons. The van der Waals surface area contributed by atoms with Crippen molar-refractivity contribution in [3.63, 3.8) is 0 Å². The second-order valence-electron chi connectivity index (χ2n) is 6.27. The third-order valence-corrected chi connectivity index (χ3v) is 4.93. The first-order valence-electron chi connectivity index (χ1n) is 8.26. The molecule has 1 aliphatic carbocycles. The van der Waals surface area contributed by atoms with E-state index >= 15 is 0 Å². The minimum atomic E-state index is -0.862. The summed E-state index contributed by atoms with van der Waals surface area (Å²) >= 11 is 1.52. The number of benzene rings is 1. The fourth-order valence-electron chi connectivity index (χ4n) is 3.04. The summed E-state index contributed by atoms with van der Waals surface area (Å²) in [6.07, 6.45) is 4.63. The minimum Gasteiger partial charge on any atom is -0.485 e. The maximum absolute atomic E-state index is 12.3. The van der Waals surface area contributed by atoms with E-state index in [0.29, 0.717) is 30.9 Å². The molecule has 1 fully saturated rings. The quantitative estimate of drug-likeness (QED) is 0.836. The van der Waals surface area contributed by atoms with Gasteiger partial charge in [-0.3, -0.25) is 4.79 Å². The van der Waals surface area contributed by atoms with Crippen LogP contribution in [0.1, 0.15) is 44.2 Å². The van der Waals surface area contributed by atoms with Crippen LogP contribution in [0.15, 0.2) is 35.2 Å². The molecule has 1 aromatic carbocycles. The second kappa shape index (κ2) is 7.77. The maximum atomic E-state index is 12.3. The number of anilines is 1. The van der Waals surface area contributed by atoms with E-state index in [1.54, 1.807) is 11.6 Å². The fraction of sp³-hybridized carbons (Fsp3) is 0.444. The van der Waals surface area contributed by atoms with Gasteiger partial charge in [-0.15, -0.1) is 11.3 Å². The highest BCUT2D eigenvalue weighted by Crippen LogP contribution is 2.32. The number of hydrogen-bond donors (Lipinski definition) is 2. The van der Waals surface area contributed by atoms with E-state index in [1.165, 1.54) is 11.3 Å². The molecule has 1 heterocycles. The highest BCUT2D eigenvalue weighted by molar-refractivity contribution is 7.07. The van der Waals surface area contributed by atoms with Crippen molar-refractivity contribution in [2.24, 2.45) is 0 Å². The Morgan fingerprint density at radius 2 is 2.08 bits per heavy atom. The summed E-state index contributed by atoms with van der Waals surface area (Å²) in [6.45, 7) is 0.361. The largest absolute Gasteiger partial charge is 0.485 e. The first kappa shape index (κ1) is 16.9. The van der Waals surface area contributed by atoms with Gasteiger partial charge in [0.15, 0.2) is 0 Å². The zero-order chi connectivity index (χ0) is 16.8. The molecule has 0 saturated heterocycles. The van der Waals surface area contributed by atoms with Crippen molar-refractivity contribution < 1.29 is 14.6 Å². The third kappa shape index (κ3) is 4.55. The summed E-state index contributed by atoms with van der Waals surface area (Å²) in [5.41, 5.74) is 2.38. The van der Waals surface area contributed by atoms with Crippen molar-refractivity contribution >= 4 is 22.9 Å². The molecule has 0 bridgehead atoms. The Hall–Kier alpha value is -1.92. The van der Waals surface area contributed by atoms with Gasteiger partial charge < -0.3 is 15.2 Å². The number of thiazole rings is 1. The van der Waals surface area contributed by atoms with Crippen LogP contribution in [0.4, 0.5) is 5.69 Å². The number of nitrogens with zero attached hydrogens (tertiary/aromatic N) is 1. The van der Waals surface area contributed by atoms with Crippen LogP contribution < -0.4 is 10.1 Å². The Morgan fingerprint density at radius 1 is 1.29 bits per heavy atom. The van der Waals surface area contributed by atoms with E-state index in [1.807, 2.05) is 23.6 Å². The van der Waals surface area contributed by atoms with Gasteiger partial charge in [0.25, 0.3) is 0 Å². The SMILES string of the molecule is O=C(CC1(O)CCCCC1)Nc1ccccc1OCc1cscn1. The zero-order valence-electron chi connectivity index (χ0n) is 13.5. The number of carbonyl (C=O) groups excluding carboxylic acids is 1. The van der Waals surface area contributed by atoms with Gasteiger partial charge in [-0.05, 0) is 25.0 Å². The topological polar surface area (TPSA) is 71.5 Å². The first-order chi connectivity index (χ1) is 11.6. The minimum absolute atomic E-state index is 0.132. The van der Waals surface area contributed by atoms with E-state index in [4.69, 9.17) is 4.74 Å². The molecule has 1 aromatic heterocycles. The lowest BCUT2D eigenvalue weighted by atomic mass is 9.82. The van der Waals surface area contributed by atoms with Crippen molar-refractivity contribution in [1.29, 1.82) is 0 Å². The Kier molecular flexibility index (Phi) is 5.48. The van der Waals surface area contributed by atoms with E-state index in [2.05, 4.69) is 10.3 Å². The second-order valence-corrected chi connectivity index (χ2v) is 6.99. The number of aliphatic hydroxyl groups is 1. The van der Waals surface area contributed by atoms with Gasteiger partial charge in [-0.25, -0.2) is 4.98 Å². The lowest BCUT2D eigenvalue weighted by molar-refractivity contribution is -0.122. The van der Waals surface area contributed by atoms with Gasteiger partial charge in [0, 0.05) is 5.38 Å². The molecule has 1 aliphatic rings. The highest BCUT2D eigenvalue weighted by atomic mass is 32.1. The number of amides is 1. The summed E-state index contributed by atoms with van der Waals surface area (Å²) < 4.78 is 5.76. The summed E-state index contributed by atoms with van der Waals surface area (Å²) in [5, 5.41) is 15.3. The van der Waals surface area contributed by atoms with Crippen LogP contribution in [0, 0.1) is 0 Å². The van der Waals surface area contributed by atoms with Gasteiger partial charge >= 0.3 is 0 Å². The predicted molar refractivity (Wildman–Crippen MR) is 94.2 cm³/mol. The van der Waals surface area contributed by atoms with E-state index in [9.17, 15) is 9.90 Å². The monoisotopic (exact) mass is 346 g/mol. The summed E-state index contributed by atoms with van der Waals surface area (Å²) in [4.78, 5) is 16.5. The van der Waals surface area contributed by atoms with Crippen LogP contribution in [0.2, 0.25) is 0 Å². The van der Waals surface area contributed by atoms with Crippen LogP contribution >= 0.6 is 11.3 Å². The molecule has 1 saturated carbocycles. The smallest absolute Gasteiger partial charge is 0.227 e. The van der Waals surface area contributed by atoms with Gasteiger partial charge in [0.1, 0.15) is 12.4 Å². The molecule has 128 valence electrons. The van der Waals surface area contributed by atoms with Crippen LogP contribution in [0.25, 0.3) is 0 Å².